The number of sulfonamides is 1. The van der Waals surface area contributed by atoms with Gasteiger partial charge in [0.25, 0.3) is 15.9 Å². The Balaban J connectivity index is 1.78. The SMILES string of the molecule is CN(c1ccccc1)S(=O)(=O)c1cccc(C(=O)NCc2ccc(Cl)cc2Cl)c1. The minimum Gasteiger partial charge on any atom is -0.348 e. The first-order valence-corrected chi connectivity index (χ1v) is 10.8. The van der Waals surface area contributed by atoms with Crippen LogP contribution in [0.4, 0.5) is 5.69 Å². The Bertz CT molecular complexity index is 1140. The monoisotopic (exact) mass is 448 g/mol. The van der Waals surface area contributed by atoms with Crippen molar-refractivity contribution in [3.63, 3.8) is 0 Å². The first kappa shape index (κ1) is 21.2. The van der Waals surface area contributed by atoms with E-state index in [1.807, 2.05) is 6.07 Å². The molecule has 0 unspecified atom stereocenters. The quantitative estimate of drug-likeness (QED) is 0.591. The molecule has 1 N–H and O–H groups in total. The number of nitrogens with one attached hydrogen (secondary N) is 1. The van der Waals surface area contributed by atoms with Crippen molar-refractivity contribution in [2.24, 2.45) is 0 Å². The number of carbonyl (C=O) groups is 1. The zero-order chi connectivity index (χ0) is 21.0. The van der Waals surface area contributed by atoms with E-state index in [1.165, 1.54) is 29.6 Å². The maximum atomic E-state index is 12.9. The van der Waals surface area contributed by atoms with E-state index in [0.717, 1.165) is 0 Å². The molecule has 0 radical (unpaired) electrons. The predicted molar refractivity (Wildman–Crippen MR) is 116 cm³/mol. The van der Waals surface area contributed by atoms with Crippen LogP contribution < -0.4 is 9.62 Å². The van der Waals surface area contributed by atoms with Gasteiger partial charge in [-0.1, -0.05) is 53.5 Å². The summed E-state index contributed by atoms with van der Waals surface area (Å²) in [6, 6.07) is 19.6. The van der Waals surface area contributed by atoms with E-state index in [2.05, 4.69) is 5.32 Å². The van der Waals surface area contributed by atoms with Crippen molar-refractivity contribution in [2.45, 2.75) is 11.4 Å². The highest BCUT2D eigenvalue weighted by molar-refractivity contribution is 7.92. The fourth-order valence-electron chi connectivity index (χ4n) is 2.68. The number of carbonyl (C=O) groups excluding carboxylic acids is 1. The Kier molecular flexibility index (Phi) is 6.47. The Morgan fingerprint density at radius 1 is 0.966 bits per heavy atom. The highest BCUT2D eigenvalue weighted by Gasteiger charge is 2.22. The van der Waals surface area contributed by atoms with Crippen molar-refractivity contribution >= 4 is 44.8 Å². The lowest BCUT2D eigenvalue weighted by Gasteiger charge is -2.19. The van der Waals surface area contributed by atoms with E-state index in [4.69, 9.17) is 23.2 Å². The molecule has 3 rings (SSSR count). The van der Waals surface area contributed by atoms with E-state index in [1.54, 1.807) is 48.5 Å². The maximum absolute atomic E-state index is 12.9. The summed E-state index contributed by atoms with van der Waals surface area (Å²) in [5.41, 5.74) is 1.47. The minimum absolute atomic E-state index is 0.0287. The first-order chi connectivity index (χ1) is 13.8. The van der Waals surface area contributed by atoms with Crippen LogP contribution in [-0.4, -0.2) is 21.4 Å². The van der Waals surface area contributed by atoms with Gasteiger partial charge in [-0.15, -0.1) is 0 Å². The largest absolute Gasteiger partial charge is 0.348 e. The Labute approximate surface area is 179 Å². The van der Waals surface area contributed by atoms with E-state index >= 15 is 0 Å². The number of anilines is 1. The van der Waals surface area contributed by atoms with Crippen LogP contribution in [0.5, 0.6) is 0 Å². The van der Waals surface area contributed by atoms with Gasteiger partial charge in [0.1, 0.15) is 0 Å². The van der Waals surface area contributed by atoms with Gasteiger partial charge in [0, 0.05) is 29.2 Å². The lowest BCUT2D eigenvalue weighted by atomic mass is 10.2. The molecule has 29 heavy (non-hydrogen) atoms. The molecular formula is C21H18Cl2N2O3S. The molecule has 0 saturated heterocycles. The number of amides is 1. The van der Waals surface area contributed by atoms with Gasteiger partial charge >= 0.3 is 0 Å². The van der Waals surface area contributed by atoms with E-state index in [0.29, 0.717) is 21.3 Å². The minimum atomic E-state index is -3.81. The molecule has 1 amide bonds. The third-order valence-corrected chi connectivity index (χ3v) is 6.70. The summed E-state index contributed by atoms with van der Waals surface area (Å²) in [6.07, 6.45) is 0. The number of para-hydroxylation sites is 1. The average Bonchev–Trinajstić information content (AvgIpc) is 2.73. The summed E-state index contributed by atoms with van der Waals surface area (Å²) in [4.78, 5) is 12.6. The first-order valence-electron chi connectivity index (χ1n) is 8.65. The number of benzene rings is 3. The number of hydrogen-bond donors (Lipinski definition) is 1. The fraction of sp³-hybridized carbons (Fsp3) is 0.0952. The standard InChI is InChI=1S/C21H18Cl2N2O3S/c1-25(18-7-3-2-4-8-18)29(27,28)19-9-5-6-15(12-19)21(26)24-14-16-10-11-17(22)13-20(16)23/h2-13H,14H2,1H3,(H,24,26). The second-order valence-electron chi connectivity index (χ2n) is 6.25. The van der Waals surface area contributed by atoms with Crippen LogP contribution >= 0.6 is 23.2 Å². The molecule has 0 aliphatic heterocycles. The zero-order valence-corrected chi connectivity index (χ0v) is 17.8. The lowest BCUT2D eigenvalue weighted by molar-refractivity contribution is 0.0950. The van der Waals surface area contributed by atoms with Gasteiger partial charge in [-0.25, -0.2) is 8.42 Å². The number of nitrogens with zero attached hydrogens (tertiary/aromatic N) is 1. The third-order valence-electron chi connectivity index (χ3n) is 4.33. The zero-order valence-electron chi connectivity index (χ0n) is 15.5. The van der Waals surface area contributed by atoms with Crippen LogP contribution in [0.1, 0.15) is 15.9 Å². The molecule has 0 bridgehead atoms. The molecule has 0 saturated carbocycles. The van der Waals surface area contributed by atoms with Crippen LogP contribution in [0, 0.1) is 0 Å². The Morgan fingerprint density at radius 3 is 2.38 bits per heavy atom. The molecular weight excluding hydrogens is 431 g/mol. The van der Waals surface area contributed by atoms with Gasteiger partial charge in [-0.05, 0) is 48.0 Å². The van der Waals surface area contributed by atoms with E-state index < -0.39 is 15.9 Å². The smallest absolute Gasteiger partial charge is 0.264 e. The summed E-state index contributed by atoms with van der Waals surface area (Å²) in [6.45, 7) is 0.190. The number of rotatable bonds is 6. The van der Waals surface area contributed by atoms with Crippen molar-refractivity contribution in [3.8, 4) is 0 Å². The summed E-state index contributed by atoms with van der Waals surface area (Å²) in [5, 5.41) is 3.69. The second-order valence-corrected chi connectivity index (χ2v) is 9.07. The Hall–Kier alpha value is -2.54. The van der Waals surface area contributed by atoms with Crippen LogP contribution in [0.3, 0.4) is 0 Å². The van der Waals surface area contributed by atoms with Crippen molar-refractivity contribution in [2.75, 3.05) is 11.4 Å². The second kappa shape index (κ2) is 8.86. The third kappa shape index (κ3) is 4.90. The number of halogens is 2. The number of hydrogen-bond acceptors (Lipinski definition) is 3. The average molecular weight is 449 g/mol. The molecule has 3 aromatic carbocycles. The van der Waals surface area contributed by atoms with Gasteiger partial charge < -0.3 is 5.32 Å². The van der Waals surface area contributed by atoms with Crippen LogP contribution in [0.2, 0.25) is 10.0 Å². The van der Waals surface area contributed by atoms with Crippen molar-refractivity contribution < 1.29 is 13.2 Å². The summed E-state index contributed by atoms with van der Waals surface area (Å²) < 4.78 is 27.0. The molecule has 0 aliphatic rings. The molecule has 0 spiro atoms. The lowest BCUT2D eigenvalue weighted by Crippen LogP contribution is -2.27. The van der Waals surface area contributed by atoms with Crippen molar-refractivity contribution in [1.29, 1.82) is 0 Å². The molecule has 0 fully saturated rings. The van der Waals surface area contributed by atoms with E-state index in [9.17, 15) is 13.2 Å². The predicted octanol–water partition coefficient (Wildman–Crippen LogP) is 4.75. The van der Waals surface area contributed by atoms with Gasteiger partial charge in [-0.3, -0.25) is 9.10 Å². The molecule has 0 aromatic heterocycles. The summed E-state index contributed by atoms with van der Waals surface area (Å²) in [7, 11) is -2.34. The Morgan fingerprint density at radius 2 is 1.69 bits per heavy atom. The molecule has 0 aliphatic carbocycles. The van der Waals surface area contributed by atoms with E-state index in [-0.39, 0.29) is 17.0 Å². The van der Waals surface area contributed by atoms with Crippen LogP contribution in [0.25, 0.3) is 0 Å². The fourth-order valence-corrected chi connectivity index (χ4v) is 4.39. The molecule has 5 nitrogen and oxygen atoms in total. The molecule has 3 aromatic rings. The van der Waals surface area contributed by atoms with Gasteiger partial charge in [-0.2, -0.15) is 0 Å². The summed E-state index contributed by atoms with van der Waals surface area (Å²) in [5.74, 6) is -0.407. The van der Waals surface area contributed by atoms with Crippen LogP contribution in [-0.2, 0) is 16.6 Å². The molecule has 150 valence electrons. The maximum Gasteiger partial charge on any atom is 0.264 e. The molecule has 0 heterocycles. The summed E-state index contributed by atoms with van der Waals surface area (Å²) >= 11 is 12.0. The molecule has 8 heteroatoms. The van der Waals surface area contributed by atoms with Crippen molar-refractivity contribution in [1.82, 2.24) is 5.32 Å². The van der Waals surface area contributed by atoms with Gasteiger partial charge in [0.15, 0.2) is 0 Å². The van der Waals surface area contributed by atoms with Crippen LogP contribution in [0.15, 0.2) is 77.7 Å². The highest BCUT2D eigenvalue weighted by Crippen LogP contribution is 2.23. The van der Waals surface area contributed by atoms with Gasteiger partial charge in [0.2, 0.25) is 0 Å². The highest BCUT2D eigenvalue weighted by atomic mass is 35.5. The topological polar surface area (TPSA) is 66.5 Å². The normalized spacial score (nSPS) is 11.1. The van der Waals surface area contributed by atoms with Crippen molar-refractivity contribution in [3.05, 3.63) is 94.0 Å². The van der Waals surface area contributed by atoms with Gasteiger partial charge in [0.05, 0.1) is 10.6 Å². The molecule has 0 atom stereocenters.